The molecular weight excluding hydrogens is 218 g/mol. The summed E-state index contributed by atoms with van der Waals surface area (Å²) < 4.78 is 6.97. The Hall–Kier alpha value is -1.97. The van der Waals surface area contributed by atoms with Gasteiger partial charge in [0.25, 0.3) is 0 Å². The summed E-state index contributed by atoms with van der Waals surface area (Å²) in [5, 5.41) is 10.1. The number of carbonyl (C=O) groups is 1. The van der Waals surface area contributed by atoms with Gasteiger partial charge in [0, 0.05) is 18.0 Å². The molecule has 2 aromatic rings. The topological polar surface area (TPSA) is 51.5 Å². The molecule has 0 spiro atoms. The molecule has 0 saturated carbocycles. The molecule has 4 heteroatoms. The second kappa shape index (κ2) is 3.80. The number of benzene rings is 1. The number of carboxylic acid groups (broad SMARTS) is 1. The number of ether oxygens (including phenoxy) is 1. The average Bonchev–Trinajstić information content (AvgIpc) is 2.50. The lowest BCUT2D eigenvalue weighted by atomic mass is 10.1. The third-order valence-electron chi connectivity index (χ3n) is 3.17. The third-order valence-corrected chi connectivity index (χ3v) is 3.17. The van der Waals surface area contributed by atoms with Crippen molar-refractivity contribution in [1.82, 2.24) is 4.57 Å². The molecule has 1 N–H and O–H groups in total. The zero-order valence-corrected chi connectivity index (χ0v) is 10.4. The normalized spacial score (nSPS) is 10.8. The number of methoxy groups -OCH3 is 1. The first-order valence-corrected chi connectivity index (χ1v) is 5.34. The zero-order chi connectivity index (χ0) is 12.7. The zero-order valence-electron chi connectivity index (χ0n) is 10.4. The number of fused-ring (bicyclic) bond motifs is 1. The van der Waals surface area contributed by atoms with Crippen LogP contribution >= 0.6 is 0 Å². The first-order chi connectivity index (χ1) is 7.97. The molecule has 0 radical (unpaired) electrons. The molecule has 0 bridgehead atoms. The van der Waals surface area contributed by atoms with Gasteiger partial charge in [0.2, 0.25) is 0 Å². The predicted octanol–water partition coefficient (Wildman–Crippen LogP) is 2.50. The third kappa shape index (κ3) is 1.56. The van der Waals surface area contributed by atoms with Crippen LogP contribution in [0, 0.1) is 13.8 Å². The second-order valence-electron chi connectivity index (χ2n) is 4.18. The van der Waals surface area contributed by atoms with Gasteiger partial charge in [0.15, 0.2) is 0 Å². The largest absolute Gasteiger partial charge is 0.496 e. The SMILES string of the molecule is COc1cc2c(C)c(C(=O)O)n(C)c2cc1C. The van der Waals surface area contributed by atoms with Crippen molar-refractivity contribution in [2.24, 2.45) is 7.05 Å². The summed E-state index contributed by atoms with van der Waals surface area (Å²) in [6.45, 7) is 3.77. The summed E-state index contributed by atoms with van der Waals surface area (Å²) in [5.41, 5.74) is 3.01. The molecular formula is C13H15NO3. The van der Waals surface area contributed by atoms with Crippen LogP contribution in [0.3, 0.4) is 0 Å². The van der Waals surface area contributed by atoms with E-state index < -0.39 is 5.97 Å². The van der Waals surface area contributed by atoms with Crippen molar-refractivity contribution in [2.75, 3.05) is 7.11 Å². The minimum atomic E-state index is -0.905. The molecule has 4 nitrogen and oxygen atoms in total. The molecule has 0 amide bonds. The summed E-state index contributed by atoms with van der Waals surface area (Å²) in [5.74, 6) is -0.124. The maximum atomic E-state index is 11.2. The summed E-state index contributed by atoms with van der Waals surface area (Å²) in [6, 6.07) is 3.85. The van der Waals surface area contributed by atoms with Gasteiger partial charge in [-0.15, -0.1) is 0 Å². The van der Waals surface area contributed by atoms with E-state index in [1.165, 1.54) is 0 Å². The van der Waals surface area contributed by atoms with E-state index >= 15 is 0 Å². The van der Waals surface area contributed by atoms with Gasteiger partial charge in [-0.1, -0.05) is 0 Å². The molecule has 17 heavy (non-hydrogen) atoms. The predicted molar refractivity (Wildman–Crippen MR) is 65.9 cm³/mol. The van der Waals surface area contributed by atoms with Crippen LogP contribution in [0.1, 0.15) is 21.6 Å². The number of carboxylic acids is 1. The molecule has 0 atom stereocenters. The van der Waals surface area contributed by atoms with Crippen molar-refractivity contribution < 1.29 is 14.6 Å². The fourth-order valence-electron chi connectivity index (χ4n) is 2.27. The Morgan fingerprint density at radius 1 is 1.35 bits per heavy atom. The second-order valence-corrected chi connectivity index (χ2v) is 4.18. The molecule has 0 saturated heterocycles. The highest BCUT2D eigenvalue weighted by Gasteiger charge is 2.18. The van der Waals surface area contributed by atoms with Crippen molar-refractivity contribution in [3.05, 3.63) is 29.0 Å². The van der Waals surface area contributed by atoms with Gasteiger partial charge in [0.1, 0.15) is 11.4 Å². The van der Waals surface area contributed by atoms with Crippen LogP contribution in [0.25, 0.3) is 10.9 Å². The number of aromatic carboxylic acids is 1. The Bertz CT molecular complexity index is 611. The van der Waals surface area contributed by atoms with Crippen LogP contribution in [0.4, 0.5) is 0 Å². The summed E-state index contributed by atoms with van der Waals surface area (Å²) in [7, 11) is 3.38. The van der Waals surface area contributed by atoms with Gasteiger partial charge in [-0.2, -0.15) is 0 Å². The average molecular weight is 233 g/mol. The molecule has 0 aliphatic rings. The van der Waals surface area contributed by atoms with Crippen LogP contribution in [-0.2, 0) is 7.05 Å². The Kier molecular flexibility index (Phi) is 2.58. The fourth-order valence-corrected chi connectivity index (χ4v) is 2.27. The van der Waals surface area contributed by atoms with Crippen LogP contribution in [0.2, 0.25) is 0 Å². The highest BCUT2D eigenvalue weighted by molar-refractivity contribution is 5.98. The molecule has 1 heterocycles. The highest BCUT2D eigenvalue weighted by Crippen LogP contribution is 2.30. The summed E-state index contributed by atoms with van der Waals surface area (Å²) in [4.78, 5) is 11.2. The van der Waals surface area contributed by atoms with Gasteiger partial charge < -0.3 is 14.4 Å². The van der Waals surface area contributed by atoms with E-state index in [0.29, 0.717) is 5.69 Å². The molecule has 1 aromatic carbocycles. The highest BCUT2D eigenvalue weighted by atomic mass is 16.5. The van der Waals surface area contributed by atoms with E-state index in [1.807, 2.05) is 26.0 Å². The van der Waals surface area contributed by atoms with Crippen molar-refractivity contribution in [3.8, 4) is 5.75 Å². The van der Waals surface area contributed by atoms with E-state index in [-0.39, 0.29) is 0 Å². The molecule has 0 fully saturated rings. The molecule has 0 aliphatic heterocycles. The van der Waals surface area contributed by atoms with Crippen LogP contribution < -0.4 is 4.74 Å². The summed E-state index contributed by atoms with van der Waals surface area (Å²) in [6.07, 6.45) is 0. The smallest absolute Gasteiger partial charge is 0.352 e. The van der Waals surface area contributed by atoms with E-state index in [2.05, 4.69) is 0 Å². The minimum absolute atomic E-state index is 0.327. The standard InChI is InChI=1S/C13H15NO3/c1-7-5-10-9(6-11(7)17-4)8(2)12(13(15)16)14(10)3/h5-6H,1-4H3,(H,15,16). The van der Waals surface area contributed by atoms with E-state index in [9.17, 15) is 9.90 Å². The lowest BCUT2D eigenvalue weighted by molar-refractivity contribution is 0.0686. The van der Waals surface area contributed by atoms with Gasteiger partial charge in [-0.25, -0.2) is 4.79 Å². The molecule has 0 unspecified atom stereocenters. The van der Waals surface area contributed by atoms with E-state index in [1.54, 1.807) is 18.7 Å². The van der Waals surface area contributed by atoms with E-state index in [0.717, 1.165) is 27.8 Å². The minimum Gasteiger partial charge on any atom is -0.496 e. The molecule has 1 aromatic heterocycles. The monoisotopic (exact) mass is 233 g/mol. The van der Waals surface area contributed by atoms with Crippen molar-refractivity contribution in [2.45, 2.75) is 13.8 Å². The lowest BCUT2D eigenvalue weighted by Gasteiger charge is -2.05. The number of aromatic nitrogens is 1. The van der Waals surface area contributed by atoms with Gasteiger partial charge in [-0.3, -0.25) is 0 Å². The van der Waals surface area contributed by atoms with E-state index in [4.69, 9.17) is 4.74 Å². The van der Waals surface area contributed by atoms with Gasteiger partial charge in [0.05, 0.1) is 7.11 Å². The van der Waals surface area contributed by atoms with Crippen LogP contribution in [0.5, 0.6) is 5.75 Å². The fraction of sp³-hybridized carbons (Fsp3) is 0.308. The molecule has 0 aliphatic carbocycles. The number of rotatable bonds is 2. The Morgan fingerprint density at radius 3 is 2.53 bits per heavy atom. The lowest BCUT2D eigenvalue weighted by Crippen LogP contribution is -2.05. The summed E-state index contributed by atoms with van der Waals surface area (Å²) >= 11 is 0. The van der Waals surface area contributed by atoms with Gasteiger partial charge in [-0.05, 0) is 37.1 Å². The number of nitrogens with zero attached hydrogens (tertiary/aromatic N) is 1. The number of hydrogen-bond donors (Lipinski definition) is 1. The first kappa shape index (κ1) is 11.5. The quantitative estimate of drug-likeness (QED) is 0.867. The molecule has 90 valence electrons. The molecule has 2 rings (SSSR count). The maximum Gasteiger partial charge on any atom is 0.352 e. The Morgan fingerprint density at radius 2 is 2.00 bits per heavy atom. The number of hydrogen-bond acceptors (Lipinski definition) is 2. The Balaban J connectivity index is 2.88. The Labute approximate surface area is 99.4 Å². The van der Waals surface area contributed by atoms with Crippen molar-refractivity contribution in [3.63, 3.8) is 0 Å². The first-order valence-electron chi connectivity index (χ1n) is 5.34. The van der Waals surface area contributed by atoms with Crippen LogP contribution in [-0.4, -0.2) is 22.8 Å². The number of aryl methyl sites for hydroxylation is 3. The van der Waals surface area contributed by atoms with Crippen LogP contribution in [0.15, 0.2) is 12.1 Å². The van der Waals surface area contributed by atoms with Gasteiger partial charge >= 0.3 is 5.97 Å². The van der Waals surface area contributed by atoms with Crippen molar-refractivity contribution in [1.29, 1.82) is 0 Å². The van der Waals surface area contributed by atoms with Crippen molar-refractivity contribution >= 4 is 16.9 Å². The maximum absolute atomic E-state index is 11.2.